The molecule has 0 saturated carbocycles. The molecule has 1 aromatic carbocycles. The fraction of sp³-hybridized carbons (Fsp3) is 0.125. The molecule has 2 aromatic heterocycles. The van der Waals surface area contributed by atoms with Gasteiger partial charge in [-0.05, 0) is 29.3 Å². The Balaban J connectivity index is 1.59. The summed E-state index contributed by atoms with van der Waals surface area (Å²) in [5.41, 5.74) is 2.01. The smallest absolute Gasteiger partial charge is 0.273 e. The molecule has 116 valence electrons. The van der Waals surface area contributed by atoms with Gasteiger partial charge >= 0.3 is 0 Å². The Hall–Kier alpha value is -3.09. The topological polar surface area (TPSA) is 72.7 Å². The van der Waals surface area contributed by atoms with Crippen LogP contribution in [0.15, 0.2) is 55.0 Å². The molecule has 0 aliphatic carbocycles. The van der Waals surface area contributed by atoms with Gasteiger partial charge in [0.25, 0.3) is 5.91 Å². The standard InChI is InChI=1S/C16H14FN5O/c17-14-5-3-12(4-6-14)10-22-11-15(20-21-22)16(23)19-9-13-2-1-7-18-8-13/h1-8,11H,9-10H2,(H,19,23). The molecule has 0 radical (unpaired) electrons. The second-order valence-electron chi connectivity index (χ2n) is 4.97. The van der Waals surface area contributed by atoms with E-state index in [9.17, 15) is 9.18 Å². The van der Waals surface area contributed by atoms with Crippen LogP contribution in [0.4, 0.5) is 4.39 Å². The highest BCUT2D eigenvalue weighted by atomic mass is 19.1. The summed E-state index contributed by atoms with van der Waals surface area (Å²) in [4.78, 5) is 16.0. The van der Waals surface area contributed by atoms with Crippen molar-refractivity contribution in [2.24, 2.45) is 0 Å². The van der Waals surface area contributed by atoms with Crippen LogP contribution in [-0.2, 0) is 13.1 Å². The van der Waals surface area contributed by atoms with E-state index in [0.29, 0.717) is 13.1 Å². The molecule has 7 heteroatoms. The molecular formula is C16H14FN5O. The lowest BCUT2D eigenvalue weighted by Crippen LogP contribution is -2.23. The largest absolute Gasteiger partial charge is 0.346 e. The average Bonchev–Trinajstić information content (AvgIpc) is 3.04. The number of halogens is 1. The Bertz CT molecular complexity index is 786. The summed E-state index contributed by atoms with van der Waals surface area (Å²) in [6.07, 6.45) is 4.92. The van der Waals surface area contributed by atoms with Crippen molar-refractivity contribution in [2.45, 2.75) is 13.1 Å². The van der Waals surface area contributed by atoms with Crippen LogP contribution < -0.4 is 5.32 Å². The Labute approximate surface area is 132 Å². The van der Waals surface area contributed by atoms with Gasteiger partial charge in [-0.3, -0.25) is 9.78 Å². The maximum atomic E-state index is 12.9. The van der Waals surface area contributed by atoms with Gasteiger partial charge < -0.3 is 5.32 Å². The summed E-state index contributed by atoms with van der Waals surface area (Å²) in [7, 11) is 0. The number of hydrogen-bond donors (Lipinski definition) is 1. The van der Waals surface area contributed by atoms with E-state index in [-0.39, 0.29) is 17.4 Å². The first-order valence-corrected chi connectivity index (χ1v) is 7.02. The second kappa shape index (κ2) is 6.78. The number of hydrogen-bond acceptors (Lipinski definition) is 4. The van der Waals surface area contributed by atoms with E-state index in [4.69, 9.17) is 0 Å². The summed E-state index contributed by atoms with van der Waals surface area (Å²) < 4.78 is 14.4. The van der Waals surface area contributed by atoms with Crippen molar-refractivity contribution in [3.05, 3.63) is 77.6 Å². The molecule has 1 amide bonds. The van der Waals surface area contributed by atoms with Crippen molar-refractivity contribution in [2.75, 3.05) is 0 Å². The van der Waals surface area contributed by atoms with Gasteiger partial charge in [0.05, 0.1) is 12.7 Å². The van der Waals surface area contributed by atoms with E-state index in [2.05, 4.69) is 20.6 Å². The first kappa shape index (κ1) is 14.8. The lowest BCUT2D eigenvalue weighted by Gasteiger charge is -2.02. The van der Waals surface area contributed by atoms with Gasteiger partial charge in [-0.1, -0.05) is 23.4 Å². The van der Waals surface area contributed by atoms with Crippen molar-refractivity contribution in [3.63, 3.8) is 0 Å². The molecule has 3 aromatic rings. The molecule has 0 saturated heterocycles. The highest BCUT2D eigenvalue weighted by molar-refractivity contribution is 5.91. The van der Waals surface area contributed by atoms with Crippen molar-refractivity contribution >= 4 is 5.91 Å². The summed E-state index contributed by atoms with van der Waals surface area (Å²) in [6, 6.07) is 9.78. The van der Waals surface area contributed by atoms with Crippen LogP contribution in [0.2, 0.25) is 0 Å². The number of nitrogens with one attached hydrogen (secondary N) is 1. The molecule has 0 atom stereocenters. The number of carbonyl (C=O) groups is 1. The number of aromatic nitrogens is 4. The maximum absolute atomic E-state index is 12.9. The average molecular weight is 311 g/mol. The van der Waals surface area contributed by atoms with Gasteiger partial charge in [0, 0.05) is 18.9 Å². The maximum Gasteiger partial charge on any atom is 0.273 e. The van der Waals surface area contributed by atoms with E-state index in [1.807, 2.05) is 6.07 Å². The van der Waals surface area contributed by atoms with Gasteiger partial charge in [0.2, 0.25) is 0 Å². The zero-order valence-corrected chi connectivity index (χ0v) is 12.2. The normalized spacial score (nSPS) is 10.5. The van der Waals surface area contributed by atoms with E-state index in [1.165, 1.54) is 16.8 Å². The van der Waals surface area contributed by atoms with Gasteiger partial charge in [0.1, 0.15) is 5.82 Å². The SMILES string of the molecule is O=C(NCc1cccnc1)c1cn(Cc2ccc(F)cc2)nn1. The van der Waals surface area contributed by atoms with Crippen molar-refractivity contribution in [3.8, 4) is 0 Å². The third-order valence-electron chi connectivity index (χ3n) is 3.20. The van der Waals surface area contributed by atoms with Crippen molar-refractivity contribution < 1.29 is 9.18 Å². The third-order valence-corrected chi connectivity index (χ3v) is 3.20. The molecule has 0 fully saturated rings. The highest BCUT2D eigenvalue weighted by Gasteiger charge is 2.10. The first-order chi connectivity index (χ1) is 11.2. The van der Waals surface area contributed by atoms with Crippen LogP contribution in [0.1, 0.15) is 21.6 Å². The van der Waals surface area contributed by atoms with Crippen molar-refractivity contribution in [1.29, 1.82) is 0 Å². The molecule has 23 heavy (non-hydrogen) atoms. The monoisotopic (exact) mass is 311 g/mol. The highest BCUT2D eigenvalue weighted by Crippen LogP contribution is 2.05. The minimum Gasteiger partial charge on any atom is -0.346 e. The summed E-state index contributed by atoms with van der Waals surface area (Å²) in [5, 5.41) is 10.5. The van der Waals surface area contributed by atoms with E-state index < -0.39 is 0 Å². The molecule has 0 unspecified atom stereocenters. The Kier molecular flexibility index (Phi) is 4.37. The van der Waals surface area contributed by atoms with E-state index >= 15 is 0 Å². The third kappa shape index (κ3) is 3.97. The van der Waals surface area contributed by atoms with Crippen LogP contribution in [-0.4, -0.2) is 25.9 Å². The lowest BCUT2D eigenvalue weighted by molar-refractivity contribution is 0.0946. The zero-order chi connectivity index (χ0) is 16.1. The number of pyridine rings is 1. The van der Waals surface area contributed by atoms with Crippen molar-refractivity contribution in [1.82, 2.24) is 25.3 Å². The molecule has 0 spiro atoms. The molecule has 6 nitrogen and oxygen atoms in total. The fourth-order valence-electron chi connectivity index (χ4n) is 2.03. The van der Waals surface area contributed by atoms with Gasteiger partial charge in [-0.25, -0.2) is 9.07 Å². The zero-order valence-electron chi connectivity index (χ0n) is 12.2. The number of nitrogens with zero attached hydrogens (tertiary/aromatic N) is 4. The molecule has 3 rings (SSSR count). The number of carbonyl (C=O) groups excluding carboxylic acids is 1. The summed E-state index contributed by atoms with van der Waals surface area (Å²) in [5.74, 6) is -0.595. The molecule has 2 heterocycles. The number of rotatable bonds is 5. The summed E-state index contributed by atoms with van der Waals surface area (Å²) >= 11 is 0. The quantitative estimate of drug-likeness (QED) is 0.780. The van der Waals surface area contributed by atoms with Crippen LogP contribution >= 0.6 is 0 Å². The fourth-order valence-corrected chi connectivity index (χ4v) is 2.03. The minimum absolute atomic E-state index is 0.232. The van der Waals surface area contributed by atoms with E-state index in [1.54, 1.807) is 36.8 Å². The summed E-state index contributed by atoms with van der Waals surface area (Å²) in [6.45, 7) is 0.792. The predicted molar refractivity (Wildman–Crippen MR) is 80.9 cm³/mol. The molecule has 0 aliphatic heterocycles. The van der Waals surface area contributed by atoms with Gasteiger partial charge in [-0.2, -0.15) is 0 Å². The molecule has 0 bridgehead atoms. The Morgan fingerprint density at radius 3 is 2.74 bits per heavy atom. The number of benzene rings is 1. The van der Waals surface area contributed by atoms with Crippen LogP contribution in [0.25, 0.3) is 0 Å². The Morgan fingerprint density at radius 2 is 2.00 bits per heavy atom. The van der Waals surface area contributed by atoms with Crippen LogP contribution in [0.3, 0.4) is 0 Å². The molecule has 1 N–H and O–H groups in total. The van der Waals surface area contributed by atoms with Crippen LogP contribution in [0, 0.1) is 5.82 Å². The van der Waals surface area contributed by atoms with E-state index in [0.717, 1.165) is 11.1 Å². The lowest BCUT2D eigenvalue weighted by atomic mass is 10.2. The number of amides is 1. The molecular weight excluding hydrogens is 297 g/mol. The van der Waals surface area contributed by atoms with Crippen LogP contribution in [0.5, 0.6) is 0 Å². The first-order valence-electron chi connectivity index (χ1n) is 7.02. The van der Waals surface area contributed by atoms with Gasteiger partial charge in [0.15, 0.2) is 5.69 Å². The predicted octanol–water partition coefficient (Wildman–Crippen LogP) is 1.79. The Morgan fingerprint density at radius 1 is 1.17 bits per heavy atom. The van der Waals surface area contributed by atoms with Gasteiger partial charge in [-0.15, -0.1) is 5.10 Å². The minimum atomic E-state index is -0.306. The second-order valence-corrected chi connectivity index (χ2v) is 4.97. The molecule has 0 aliphatic rings.